The van der Waals surface area contributed by atoms with Gasteiger partial charge in [-0.3, -0.25) is 0 Å². The first-order chi connectivity index (χ1) is 16.8. The average Bonchev–Trinajstić information content (AvgIpc) is 3.29. The van der Waals surface area contributed by atoms with Crippen molar-refractivity contribution in [3.05, 3.63) is 77.6 Å². The minimum atomic E-state index is -3.60. The third kappa shape index (κ3) is 4.71. The zero-order valence-corrected chi connectivity index (χ0v) is 21.0. The van der Waals surface area contributed by atoms with E-state index in [1.807, 2.05) is 54.9 Å². The van der Waals surface area contributed by atoms with Crippen LogP contribution in [0.1, 0.15) is 60.7 Å². The van der Waals surface area contributed by atoms with E-state index < -0.39 is 15.3 Å². The van der Waals surface area contributed by atoms with Crippen molar-refractivity contribution in [1.29, 1.82) is 0 Å². The van der Waals surface area contributed by atoms with Gasteiger partial charge in [0.25, 0.3) is 0 Å². The maximum Gasteiger partial charge on any atom is 0.221 e. The monoisotopic (exact) mass is 497 g/mol. The highest BCUT2D eigenvalue weighted by molar-refractivity contribution is 7.89. The molecule has 2 aliphatic rings. The lowest BCUT2D eigenvalue weighted by atomic mass is 9.95. The molecule has 2 saturated heterocycles. The van der Waals surface area contributed by atoms with Crippen LogP contribution >= 0.6 is 0 Å². The number of hydrogen-bond acceptors (Lipinski definition) is 5. The van der Waals surface area contributed by atoms with Crippen molar-refractivity contribution in [3.8, 4) is 0 Å². The molecule has 0 amide bonds. The summed E-state index contributed by atoms with van der Waals surface area (Å²) in [6.07, 6.45) is 4.91. The van der Waals surface area contributed by atoms with Crippen molar-refractivity contribution < 1.29 is 12.8 Å². The quantitative estimate of drug-likeness (QED) is 0.523. The molecule has 3 heterocycles. The van der Waals surface area contributed by atoms with Crippen LogP contribution in [-0.4, -0.2) is 46.6 Å². The second-order valence-corrected chi connectivity index (χ2v) is 11.8. The predicted octanol–water partition coefficient (Wildman–Crippen LogP) is 4.39. The van der Waals surface area contributed by atoms with E-state index in [1.165, 1.54) is 4.31 Å². The van der Waals surface area contributed by atoms with Gasteiger partial charge in [0.1, 0.15) is 23.2 Å². The van der Waals surface area contributed by atoms with Crippen LogP contribution in [0.15, 0.2) is 54.9 Å². The molecule has 5 rings (SSSR count). The van der Waals surface area contributed by atoms with Crippen LogP contribution in [0.4, 0.5) is 10.1 Å². The van der Waals surface area contributed by atoms with E-state index in [0.29, 0.717) is 17.9 Å². The Hall–Kier alpha value is -2.78. The van der Waals surface area contributed by atoms with Crippen LogP contribution in [0.2, 0.25) is 0 Å². The summed E-state index contributed by atoms with van der Waals surface area (Å²) in [5.41, 5.74) is 2.04. The topological polar surface area (TPSA) is 71.3 Å². The number of benzene rings is 2. The summed E-state index contributed by atoms with van der Waals surface area (Å²) in [7, 11) is -1.64. The highest BCUT2D eigenvalue weighted by atomic mass is 32.2. The summed E-state index contributed by atoms with van der Waals surface area (Å²) < 4.78 is 45.7. The first kappa shape index (κ1) is 23.9. The van der Waals surface area contributed by atoms with Crippen LogP contribution in [0.3, 0.4) is 0 Å². The smallest absolute Gasteiger partial charge is 0.221 e. The third-order valence-electron chi connectivity index (χ3n) is 7.53. The molecule has 2 fully saturated rings. The van der Waals surface area contributed by atoms with E-state index in [4.69, 9.17) is 0 Å². The summed E-state index contributed by atoms with van der Waals surface area (Å²) >= 11 is 0. The maximum absolute atomic E-state index is 15.2. The van der Waals surface area contributed by atoms with Crippen LogP contribution in [-0.2, 0) is 23.6 Å². The lowest BCUT2D eigenvalue weighted by Gasteiger charge is -2.37. The molecule has 0 spiro atoms. The Balaban J connectivity index is 1.29. The molecular formula is C26H32FN5O2S. The van der Waals surface area contributed by atoms with Crippen LogP contribution in [0.25, 0.3) is 0 Å². The van der Waals surface area contributed by atoms with Crippen LogP contribution < -0.4 is 4.90 Å². The predicted molar refractivity (Wildman–Crippen MR) is 134 cm³/mol. The number of aromatic nitrogens is 3. The lowest BCUT2D eigenvalue weighted by molar-refractivity contribution is 0.279. The first-order valence-corrected chi connectivity index (χ1v) is 13.8. The van der Waals surface area contributed by atoms with E-state index in [-0.39, 0.29) is 18.4 Å². The Morgan fingerprint density at radius 1 is 1.03 bits per heavy atom. The molecule has 1 aromatic heterocycles. The zero-order valence-electron chi connectivity index (χ0n) is 20.2. The average molecular weight is 498 g/mol. The van der Waals surface area contributed by atoms with Gasteiger partial charge in [-0.2, -0.15) is 4.31 Å². The number of hydrogen-bond donors (Lipinski definition) is 0. The van der Waals surface area contributed by atoms with E-state index in [2.05, 4.69) is 15.1 Å². The highest BCUT2D eigenvalue weighted by Gasteiger charge is 2.40. The number of rotatable bonds is 5. The zero-order chi connectivity index (χ0) is 24.6. The number of piperidine rings is 1. The van der Waals surface area contributed by atoms with Gasteiger partial charge >= 0.3 is 0 Å². The normalized spacial score (nSPS) is 23.5. The summed E-state index contributed by atoms with van der Waals surface area (Å²) in [5, 5.41) is 7.64. The van der Waals surface area contributed by atoms with Gasteiger partial charge in [0.05, 0.1) is 0 Å². The highest BCUT2D eigenvalue weighted by Crippen LogP contribution is 2.38. The number of halogens is 1. The number of anilines is 1. The molecule has 0 bridgehead atoms. The minimum Gasteiger partial charge on any atom is -0.371 e. The lowest BCUT2D eigenvalue weighted by Crippen LogP contribution is -2.44. The van der Waals surface area contributed by atoms with Crippen molar-refractivity contribution in [3.63, 3.8) is 0 Å². The van der Waals surface area contributed by atoms with E-state index in [9.17, 15) is 8.42 Å². The summed E-state index contributed by atoms with van der Waals surface area (Å²) in [5.74, 6) is 0.991. The largest absolute Gasteiger partial charge is 0.371 e. The van der Waals surface area contributed by atoms with Crippen molar-refractivity contribution >= 4 is 15.7 Å². The Kier molecular flexibility index (Phi) is 6.63. The van der Waals surface area contributed by atoms with E-state index >= 15 is 4.39 Å². The summed E-state index contributed by atoms with van der Waals surface area (Å²) in [4.78, 5) is 2.19. The van der Waals surface area contributed by atoms with Gasteiger partial charge in [0.2, 0.25) is 10.0 Å². The Labute approximate surface area is 206 Å². The molecule has 2 aliphatic heterocycles. The molecule has 0 radical (unpaired) electrons. The fourth-order valence-corrected chi connectivity index (χ4v) is 7.63. The standard InChI is InChI=1S/C26H32FN5O2S/c1-19-8-11-25(20-6-4-3-5-7-20)35(33,34)32(19)17-22-9-10-23(16-24(22)27)31-14-12-21(13-15-31)26-29-28-18-30(26)2/h3-7,9-10,16,18-19,21,25H,8,11-15,17H2,1-2H3/t19-,25?/m0/s1. The second-order valence-electron chi connectivity index (χ2n) is 9.75. The van der Waals surface area contributed by atoms with Crippen molar-refractivity contribution in [1.82, 2.24) is 19.1 Å². The number of sulfonamides is 1. The summed E-state index contributed by atoms with van der Waals surface area (Å²) in [6.45, 7) is 3.58. The van der Waals surface area contributed by atoms with Gasteiger partial charge in [0.15, 0.2) is 0 Å². The van der Waals surface area contributed by atoms with E-state index in [0.717, 1.165) is 49.4 Å². The molecule has 35 heavy (non-hydrogen) atoms. The van der Waals surface area contributed by atoms with Gasteiger partial charge in [-0.05, 0) is 50.3 Å². The van der Waals surface area contributed by atoms with Gasteiger partial charge in [-0.25, -0.2) is 12.8 Å². The van der Waals surface area contributed by atoms with Crippen LogP contribution in [0.5, 0.6) is 0 Å². The summed E-state index contributed by atoms with van der Waals surface area (Å²) in [6, 6.07) is 14.4. The maximum atomic E-state index is 15.2. The van der Waals surface area contributed by atoms with Crippen molar-refractivity contribution in [2.24, 2.45) is 7.05 Å². The fraction of sp³-hybridized carbons (Fsp3) is 0.462. The van der Waals surface area contributed by atoms with Gasteiger partial charge < -0.3 is 9.47 Å². The van der Waals surface area contributed by atoms with Crippen LogP contribution in [0, 0.1) is 5.82 Å². The molecular weight excluding hydrogens is 465 g/mol. The molecule has 1 unspecified atom stereocenters. The Morgan fingerprint density at radius 2 is 1.77 bits per heavy atom. The molecule has 2 atom stereocenters. The second kappa shape index (κ2) is 9.70. The van der Waals surface area contributed by atoms with Crippen molar-refractivity contribution in [2.75, 3.05) is 18.0 Å². The van der Waals surface area contributed by atoms with Gasteiger partial charge in [-0.15, -0.1) is 10.2 Å². The molecule has 2 aromatic carbocycles. The van der Waals surface area contributed by atoms with Gasteiger partial charge in [-0.1, -0.05) is 36.4 Å². The Bertz CT molecular complexity index is 1270. The molecule has 0 N–H and O–H groups in total. The van der Waals surface area contributed by atoms with Crippen molar-refractivity contribution in [2.45, 2.75) is 56.4 Å². The van der Waals surface area contributed by atoms with Gasteiger partial charge in [0, 0.05) is 49.9 Å². The third-order valence-corrected chi connectivity index (χ3v) is 9.90. The number of nitrogens with zero attached hydrogens (tertiary/aromatic N) is 5. The fourth-order valence-electron chi connectivity index (χ4n) is 5.44. The molecule has 0 aliphatic carbocycles. The van der Waals surface area contributed by atoms with E-state index in [1.54, 1.807) is 18.5 Å². The molecule has 9 heteroatoms. The Morgan fingerprint density at radius 3 is 2.43 bits per heavy atom. The molecule has 186 valence electrons. The first-order valence-electron chi connectivity index (χ1n) is 12.3. The molecule has 0 saturated carbocycles. The molecule has 7 nitrogen and oxygen atoms in total. The SMILES string of the molecule is C[C@H]1CCC(c2ccccc2)S(=O)(=O)N1Cc1ccc(N2CCC(c3nncn3C)CC2)cc1F. The number of aryl methyl sites for hydroxylation is 1. The molecule has 3 aromatic rings. The minimum absolute atomic E-state index is 0.0488.